The average Bonchev–Trinajstić information content (AvgIpc) is 3.22. The SMILES string of the molecule is C/C(=C\c1csc(C)n1)[C@@H]1C[C@@H]2O[C@]2(C)/C=C/C[C@H](C)[C@H](O)[C@@H](C)C(=O)C(C)(C)[C@@H](O)CC(=O)O1. The van der Waals surface area contributed by atoms with E-state index >= 15 is 0 Å². The zero-order valence-electron chi connectivity index (χ0n) is 21.8. The monoisotopic (exact) mass is 505 g/mol. The second-order valence-electron chi connectivity index (χ2n) is 10.9. The van der Waals surface area contributed by atoms with Crippen LogP contribution in [0.2, 0.25) is 0 Å². The van der Waals surface area contributed by atoms with E-state index in [9.17, 15) is 19.8 Å². The quantitative estimate of drug-likeness (QED) is 0.351. The largest absolute Gasteiger partial charge is 0.458 e. The van der Waals surface area contributed by atoms with Gasteiger partial charge in [-0.2, -0.15) is 0 Å². The molecule has 0 unspecified atom stereocenters. The first-order valence-electron chi connectivity index (χ1n) is 12.3. The van der Waals surface area contributed by atoms with Crippen LogP contribution in [0.5, 0.6) is 0 Å². The van der Waals surface area contributed by atoms with Gasteiger partial charge in [-0.1, -0.05) is 39.8 Å². The number of cyclic esters (lactones) is 1. The molecule has 1 aromatic rings. The second-order valence-corrected chi connectivity index (χ2v) is 11.9. The maximum absolute atomic E-state index is 13.2. The van der Waals surface area contributed by atoms with Crippen LogP contribution in [0.4, 0.5) is 0 Å². The summed E-state index contributed by atoms with van der Waals surface area (Å²) in [6.07, 6.45) is 3.83. The van der Waals surface area contributed by atoms with Crippen LogP contribution in [0.15, 0.2) is 23.1 Å². The van der Waals surface area contributed by atoms with Crippen molar-refractivity contribution in [3.05, 3.63) is 33.8 Å². The minimum atomic E-state index is -1.24. The van der Waals surface area contributed by atoms with Crippen molar-refractivity contribution in [1.82, 2.24) is 4.98 Å². The zero-order valence-corrected chi connectivity index (χ0v) is 22.6. The summed E-state index contributed by atoms with van der Waals surface area (Å²) in [5, 5.41) is 24.5. The molecule has 0 amide bonds. The molecule has 194 valence electrons. The fraction of sp³-hybridized carbons (Fsp3) is 0.667. The Hall–Kier alpha value is -1.87. The van der Waals surface area contributed by atoms with Gasteiger partial charge >= 0.3 is 5.97 Å². The first-order valence-corrected chi connectivity index (χ1v) is 13.2. The number of fused-ring (bicyclic) bond motifs is 1. The Labute approximate surface area is 212 Å². The molecular formula is C27H39NO6S. The molecule has 35 heavy (non-hydrogen) atoms. The van der Waals surface area contributed by atoms with Crippen molar-refractivity contribution in [2.24, 2.45) is 17.3 Å². The van der Waals surface area contributed by atoms with Gasteiger partial charge in [0, 0.05) is 17.7 Å². The minimum absolute atomic E-state index is 0.132. The van der Waals surface area contributed by atoms with Crippen LogP contribution in [-0.2, 0) is 19.1 Å². The minimum Gasteiger partial charge on any atom is -0.458 e. The maximum Gasteiger partial charge on any atom is 0.309 e. The van der Waals surface area contributed by atoms with Crippen molar-refractivity contribution in [2.75, 3.05) is 0 Å². The van der Waals surface area contributed by atoms with E-state index < -0.39 is 41.2 Å². The van der Waals surface area contributed by atoms with Crippen LogP contribution >= 0.6 is 11.3 Å². The first kappa shape index (κ1) is 27.7. The van der Waals surface area contributed by atoms with E-state index in [1.54, 1.807) is 32.1 Å². The molecular weight excluding hydrogens is 466 g/mol. The van der Waals surface area contributed by atoms with Crippen LogP contribution in [0.1, 0.15) is 71.5 Å². The molecule has 0 spiro atoms. The highest BCUT2D eigenvalue weighted by Crippen LogP contribution is 2.42. The molecule has 0 saturated carbocycles. The molecule has 1 saturated heterocycles. The van der Waals surface area contributed by atoms with Gasteiger partial charge in [-0.15, -0.1) is 11.3 Å². The summed E-state index contributed by atoms with van der Waals surface area (Å²) in [7, 11) is 0. The number of hydrogen-bond donors (Lipinski definition) is 2. The van der Waals surface area contributed by atoms with Crippen molar-refractivity contribution in [2.45, 2.75) is 97.7 Å². The Morgan fingerprint density at radius 1 is 1.23 bits per heavy atom. The fourth-order valence-electron chi connectivity index (χ4n) is 4.67. The summed E-state index contributed by atoms with van der Waals surface area (Å²) in [5.41, 5.74) is -0.0575. The van der Waals surface area contributed by atoms with Crippen molar-refractivity contribution >= 4 is 29.2 Å². The van der Waals surface area contributed by atoms with Gasteiger partial charge in [0.05, 0.1) is 40.8 Å². The number of nitrogens with zero attached hydrogens (tertiary/aromatic N) is 1. The predicted molar refractivity (Wildman–Crippen MR) is 136 cm³/mol. The molecule has 2 aliphatic rings. The molecule has 0 aromatic carbocycles. The number of hydrogen-bond acceptors (Lipinski definition) is 8. The van der Waals surface area contributed by atoms with E-state index in [0.29, 0.717) is 12.8 Å². The number of aliphatic hydroxyl groups excluding tert-OH is 2. The van der Waals surface area contributed by atoms with Crippen molar-refractivity contribution in [3.8, 4) is 0 Å². The summed E-state index contributed by atoms with van der Waals surface area (Å²) in [4.78, 5) is 30.6. The molecule has 1 fully saturated rings. The molecule has 0 aliphatic carbocycles. The number of esters is 1. The van der Waals surface area contributed by atoms with E-state index in [1.807, 2.05) is 51.3 Å². The van der Waals surface area contributed by atoms with E-state index in [-0.39, 0.29) is 24.2 Å². The van der Waals surface area contributed by atoms with Crippen LogP contribution < -0.4 is 0 Å². The molecule has 0 bridgehead atoms. The second kappa shape index (κ2) is 10.6. The van der Waals surface area contributed by atoms with Gasteiger partial charge in [-0.25, -0.2) is 4.98 Å². The maximum atomic E-state index is 13.2. The molecule has 2 N–H and O–H groups in total. The highest BCUT2D eigenvalue weighted by Gasteiger charge is 2.51. The highest BCUT2D eigenvalue weighted by atomic mass is 32.1. The number of aryl methyl sites for hydroxylation is 1. The zero-order chi connectivity index (χ0) is 26.1. The smallest absolute Gasteiger partial charge is 0.309 e. The Kier molecular flexibility index (Phi) is 8.41. The number of ether oxygens (including phenoxy) is 2. The Balaban J connectivity index is 1.89. The molecule has 7 atom stereocenters. The molecule has 8 heteroatoms. The summed E-state index contributed by atoms with van der Waals surface area (Å²) < 4.78 is 11.8. The summed E-state index contributed by atoms with van der Waals surface area (Å²) in [6.45, 7) is 12.6. The third-order valence-corrected chi connectivity index (χ3v) is 8.29. The van der Waals surface area contributed by atoms with E-state index in [0.717, 1.165) is 16.3 Å². The number of Topliss-reactive ketones (excluding diaryl/α,β-unsaturated/α-hetero) is 1. The number of aliphatic hydroxyl groups is 2. The highest BCUT2D eigenvalue weighted by molar-refractivity contribution is 7.09. The summed E-state index contributed by atoms with van der Waals surface area (Å²) in [5.74, 6) is -1.71. The lowest BCUT2D eigenvalue weighted by atomic mass is 9.73. The number of aromatic nitrogens is 1. The van der Waals surface area contributed by atoms with Gasteiger partial charge in [0.15, 0.2) is 0 Å². The van der Waals surface area contributed by atoms with Crippen molar-refractivity contribution in [1.29, 1.82) is 0 Å². The lowest BCUT2D eigenvalue weighted by Gasteiger charge is -2.34. The number of rotatable bonds is 2. The van der Waals surface area contributed by atoms with E-state index in [2.05, 4.69) is 4.98 Å². The van der Waals surface area contributed by atoms with E-state index in [4.69, 9.17) is 9.47 Å². The Morgan fingerprint density at radius 2 is 1.91 bits per heavy atom. The average molecular weight is 506 g/mol. The number of epoxide rings is 1. The van der Waals surface area contributed by atoms with Gasteiger partial charge in [0.1, 0.15) is 17.5 Å². The summed E-state index contributed by atoms with van der Waals surface area (Å²) >= 11 is 1.55. The van der Waals surface area contributed by atoms with Crippen molar-refractivity contribution < 1.29 is 29.3 Å². The van der Waals surface area contributed by atoms with Gasteiger partial charge in [-0.05, 0) is 44.8 Å². The number of thiazole rings is 1. The summed E-state index contributed by atoms with van der Waals surface area (Å²) in [6, 6.07) is 0. The van der Waals surface area contributed by atoms with Crippen molar-refractivity contribution in [3.63, 3.8) is 0 Å². The van der Waals surface area contributed by atoms with Gasteiger partial charge in [-0.3, -0.25) is 9.59 Å². The predicted octanol–water partition coefficient (Wildman–Crippen LogP) is 4.25. The third-order valence-electron chi connectivity index (χ3n) is 7.49. The lowest BCUT2D eigenvalue weighted by molar-refractivity contribution is -0.154. The molecule has 3 heterocycles. The lowest BCUT2D eigenvalue weighted by Crippen LogP contribution is -2.45. The Bertz CT molecular complexity index is 998. The van der Waals surface area contributed by atoms with Gasteiger partial charge in [0.2, 0.25) is 0 Å². The van der Waals surface area contributed by atoms with E-state index in [1.165, 1.54) is 0 Å². The topological polar surface area (TPSA) is 109 Å². The van der Waals surface area contributed by atoms with Gasteiger partial charge < -0.3 is 19.7 Å². The Morgan fingerprint density at radius 3 is 2.54 bits per heavy atom. The first-order chi connectivity index (χ1) is 16.2. The van der Waals surface area contributed by atoms with Crippen LogP contribution in [0.3, 0.4) is 0 Å². The molecule has 2 aliphatic heterocycles. The van der Waals surface area contributed by atoms with Crippen LogP contribution in [0.25, 0.3) is 6.08 Å². The number of carbonyl (C=O) groups is 2. The van der Waals surface area contributed by atoms with Crippen LogP contribution in [-0.4, -0.2) is 57.0 Å². The molecule has 3 rings (SSSR count). The number of ketones is 1. The normalized spacial score (nSPS) is 37.9. The number of allylic oxidation sites excluding steroid dienone is 1. The molecule has 7 nitrogen and oxygen atoms in total. The number of carbonyl (C=O) groups excluding carboxylic acids is 2. The molecule has 1 aromatic heterocycles. The van der Waals surface area contributed by atoms with Gasteiger partial charge in [0.25, 0.3) is 0 Å². The van der Waals surface area contributed by atoms with Crippen LogP contribution in [0, 0.1) is 24.2 Å². The standard InChI is InChI=1S/C27H39NO6S/c1-15-9-8-10-27(7)22(34-27)12-20(16(2)11-19-14-35-18(4)28-19)33-23(30)13-21(29)26(5,6)25(32)17(3)24(15)31/h8,10-11,14-15,17,20-22,24,29,31H,9,12-13H2,1-7H3/b10-8+,16-11+/t15-,17+,20-,21-,22-,24-,27+/m0/s1. The fourth-order valence-corrected chi connectivity index (χ4v) is 5.24. The molecule has 0 radical (unpaired) electrons. The third kappa shape index (κ3) is 6.47.